The third kappa shape index (κ3) is 4.95. The van der Waals surface area contributed by atoms with E-state index in [0.29, 0.717) is 32.5 Å². The predicted octanol–water partition coefficient (Wildman–Crippen LogP) is 0.724. The Morgan fingerprint density at radius 1 is 1.25 bits per heavy atom. The molecule has 1 aromatic heterocycles. The number of piperazine rings is 1. The van der Waals surface area contributed by atoms with Gasteiger partial charge in [0.25, 0.3) is 0 Å². The first-order valence-corrected chi connectivity index (χ1v) is 8.25. The molecule has 24 heavy (non-hydrogen) atoms. The summed E-state index contributed by atoms with van der Waals surface area (Å²) < 4.78 is 9.81. The van der Waals surface area contributed by atoms with Gasteiger partial charge in [0, 0.05) is 51.3 Å². The number of nitrogens with zero attached hydrogens (tertiary/aromatic N) is 3. The van der Waals surface area contributed by atoms with E-state index in [-0.39, 0.29) is 12.0 Å². The molecular formula is C16H26N4O4. The first-order chi connectivity index (χ1) is 11.5. The summed E-state index contributed by atoms with van der Waals surface area (Å²) in [6, 6.07) is 0. The lowest BCUT2D eigenvalue weighted by atomic mass is 10.1. The third-order valence-corrected chi connectivity index (χ3v) is 4.34. The van der Waals surface area contributed by atoms with Gasteiger partial charge in [-0.15, -0.1) is 0 Å². The smallest absolute Gasteiger partial charge is 0.409 e. The van der Waals surface area contributed by atoms with Crippen LogP contribution in [0.2, 0.25) is 0 Å². The quantitative estimate of drug-likeness (QED) is 0.822. The number of hydrogen-bond acceptors (Lipinski definition) is 6. The standard InChI is InChI=1S/C16H26N4O4/c1-12-14(13(2)24-18-12)4-5-15(21)17-6-7-19-8-10-20(11-9-19)16(22)23-3/h4-11H2,1-3H3,(H,17,21). The molecule has 1 fully saturated rings. The molecule has 0 atom stereocenters. The fourth-order valence-electron chi connectivity index (χ4n) is 2.82. The van der Waals surface area contributed by atoms with Gasteiger partial charge in [-0.1, -0.05) is 5.16 Å². The summed E-state index contributed by atoms with van der Waals surface area (Å²) in [5.41, 5.74) is 1.87. The Balaban J connectivity index is 1.61. The molecule has 1 aromatic rings. The van der Waals surface area contributed by atoms with Crippen molar-refractivity contribution >= 4 is 12.0 Å². The second kappa shape index (κ2) is 8.68. The molecule has 0 saturated carbocycles. The lowest BCUT2D eigenvalue weighted by molar-refractivity contribution is -0.121. The van der Waals surface area contributed by atoms with Crippen LogP contribution in [0.4, 0.5) is 4.79 Å². The van der Waals surface area contributed by atoms with Crippen LogP contribution in [0.3, 0.4) is 0 Å². The molecule has 1 aliphatic rings. The normalized spacial score (nSPS) is 15.4. The van der Waals surface area contributed by atoms with E-state index in [9.17, 15) is 9.59 Å². The van der Waals surface area contributed by atoms with Gasteiger partial charge >= 0.3 is 6.09 Å². The van der Waals surface area contributed by atoms with Crippen LogP contribution < -0.4 is 5.32 Å². The highest BCUT2D eigenvalue weighted by atomic mass is 16.5. The van der Waals surface area contributed by atoms with Crippen LogP contribution in [-0.2, 0) is 16.0 Å². The lowest BCUT2D eigenvalue weighted by Gasteiger charge is -2.33. The van der Waals surface area contributed by atoms with Crippen molar-refractivity contribution in [3.63, 3.8) is 0 Å². The largest absolute Gasteiger partial charge is 0.453 e. The predicted molar refractivity (Wildman–Crippen MR) is 87.7 cm³/mol. The van der Waals surface area contributed by atoms with Gasteiger partial charge in [0.15, 0.2) is 0 Å². The summed E-state index contributed by atoms with van der Waals surface area (Å²) in [5.74, 6) is 0.812. The zero-order valence-corrected chi connectivity index (χ0v) is 14.6. The van der Waals surface area contributed by atoms with E-state index in [1.54, 1.807) is 4.90 Å². The van der Waals surface area contributed by atoms with Crippen LogP contribution in [0.5, 0.6) is 0 Å². The van der Waals surface area contributed by atoms with E-state index in [4.69, 9.17) is 9.26 Å². The van der Waals surface area contributed by atoms with Gasteiger partial charge in [0.05, 0.1) is 12.8 Å². The number of nitrogens with one attached hydrogen (secondary N) is 1. The van der Waals surface area contributed by atoms with Crippen LogP contribution in [0, 0.1) is 13.8 Å². The molecule has 0 unspecified atom stereocenters. The number of aromatic nitrogens is 1. The van der Waals surface area contributed by atoms with Crippen molar-refractivity contribution in [3.05, 3.63) is 17.0 Å². The van der Waals surface area contributed by atoms with Crippen LogP contribution in [0.25, 0.3) is 0 Å². The minimum atomic E-state index is -0.276. The Morgan fingerprint density at radius 3 is 2.54 bits per heavy atom. The highest BCUT2D eigenvalue weighted by Gasteiger charge is 2.21. The molecule has 2 heterocycles. The number of ether oxygens (including phenoxy) is 1. The van der Waals surface area contributed by atoms with Crippen molar-refractivity contribution < 1.29 is 18.8 Å². The second-order valence-electron chi connectivity index (χ2n) is 5.95. The molecule has 1 N–H and O–H groups in total. The van der Waals surface area contributed by atoms with E-state index in [1.165, 1.54) is 7.11 Å². The van der Waals surface area contributed by atoms with E-state index in [2.05, 4.69) is 15.4 Å². The fraction of sp³-hybridized carbons (Fsp3) is 0.688. The molecule has 1 aliphatic heterocycles. The minimum Gasteiger partial charge on any atom is -0.453 e. The molecule has 0 bridgehead atoms. The average Bonchev–Trinajstić information content (AvgIpc) is 2.91. The minimum absolute atomic E-state index is 0.0307. The average molecular weight is 338 g/mol. The molecule has 2 amide bonds. The fourth-order valence-corrected chi connectivity index (χ4v) is 2.82. The Kier molecular flexibility index (Phi) is 6.60. The van der Waals surface area contributed by atoms with Gasteiger partial charge in [0.1, 0.15) is 5.76 Å². The summed E-state index contributed by atoms with van der Waals surface area (Å²) >= 11 is 0. The molecule has 0 aromatic carbocycles. The SMILES string of the molecule is COC(=O)N1CCN(CCNC(=O)CCc2c(C)noc2C)CC1. The van der Waals surface area contributed by atoms with Crippen LogP contribution in [0.15, 0.2) is 4.52 Å². The summed E-state index contributed by atoms with van der Waals surface area (Å²) in [4.78, 5) is 27.3. The second-order valence-corrected chi connectivity index (χ2v) is 5.95. The number of methoxy groups -OCH3 is 1. The number of amides is 2. The molecule has 1 saturated heterocycles. The topological polar surface area (TPSA) is 87.9 Å². The van der Waals surface area contributed by atoms with E-state index in [1.807, 2.05) is 13.8 Å². The van der Waals surface area contributed by atoms with Crippen molar-refractivity contribution in [1.29, 1.82) is 0 Å². The Morgan fingerprint density at radius 2 is 1.96 bits per heavy atom. The van der Waals surface area contributed by atoms with Crippen molar-refractivity contribution in [1.82, 2.24) is 20.3 Å². The van der Waals surface area contributed by atoms with Crippen molar-refractivity contribution in [2.75, 3.05) is 46.4 Å². The molecule has 8 nitrogen and oxygen atoms in total. The molecule has 8 heteroatoms. The summed E-state index contributed by atoms with van der Waals surface area (Å²) in [5, 5.41) is 6.83. The highest BCUT2D eigenvalue weighted by Crippen LogP contribution is 2.14. The van der Waals surface area contributed by atoms with Gasteiger partial charge in [-0.2, -0.15) is 0 Å². The first-order valence-electron chi connectivity index (χ1n) is 8.25. The Labute approximate surface area is 142 Å². The summed E-state index contributed by atoms with van der Waals surface area (Å²) in [6.07, 6.45) is 0.798. The molecule has 0 spiro atoms. The zero-order valence-electron chi connectivity index (χ0n) is 14.6. The van der Waals surface area contributed by atoms with Gasteiger partial charge < -0.3 is 19.5 Å². The van der Waals surface area contributed by atoms with E-state index in [0.717, 1.165) is 36.7 Å². The molecule has 0 aliphatic carbocycles. The van der Waals surface area contributed by atoms with Crippen molar-refractivity contribution in [2.45, 2.75) is 26.7 Å². The van der Waals surface area contributed by atoms with Gasteiger partial charge in [0.2, 0.25) is 5.91 Å². The number of hydrogen-bond donors (Lipinski definition) is 1. The Hall–Kier alpha value is -2.09. The molecular weight excluding hydrogens is 312 g/mol. The maximum Gasteiger partial charge on any atom is 0.409 e. The number of rotatable bonds is 6. The molecule has 0 radical (unpaired) electrons. The number of aryl methyl sites for hydroxylation is 2. The summed E-state index contributed by atoms with van der Waals surface area (Å²) in [6.45, 7) is 8.05. The maximum atomic E-state index is 11.9. The monoisotopic (exact) mass is 338 g/mol. The number of carbonyl (C=O) groups is 2. The van der Waals surface area contributed by atoms with Crippen LogP contribution in [0.1, 0.15) is 23.4 Å². The zero-order chi connectivity index (χ0) is 17.5. The van der Waals surface area contributed by atoms with Gasteiger partial charge in [-0.25, -0.2) is 4.79 Å². The molecule has 2 rings (SSSR count). The maximum absolute atomic E-state index is 11.9. The first kappa shape index (κ1) is 18.3. The molecule has 134 valence electrons. The van der Waals surface area contributed by atoms with Crippen LogP contribution in [-0.4, -0.2) is 73.3 Å². The lowest BCUT2D eigenvalue weighted by Crippen LogP contribution is -2.50. The third-order valence-electron chi connectivity index (χ3n) is 4.34. The van der Waals surface area contributed by atoms with Gasteiger partial charge in [-0.05, 0) is 20.3 Å². The summed E-state index contributed by atoms with van der Waals surface area (Å²) in [7, 11) is 1.40. The highest BCUT2D eigenvalue weighted by molar-refractivity contribution is 5.76. The van der Waals surface area contributed by atoms with Crippen LogP contribution >= 0.6 is 0 Å². The van der Waals surface area contributed by atoms with E-state index < -0.39 is 0 Å². The van der Waals surface area contributed by atoms with Crippen molar-refractivity contribution in [3.8, 4) is 0 Å². The number of carbonyl (C=O) groups excluding carboxylic acids is 2. The van der Waals surface area contributed by atoms with Crippen molar-refractivity contribution in [2.24, 2.45) is 0 Å². The Bertz CT molecular complexity index is 545. The van der Waals surface area contributed by atoms with Gasteiger partial charge in [-0.3, -0.25) is 9.69 Å². The van der Waals surface area contributed by atoms with E-state index >= 15 is 0 Å².